The van der Waals surface area contributed by atoms with Gasteiger partial charge in [0.2, 0.25) is 5.91 Å². The lowest BCUT2D eigenvalue weighted by molar-refractivity contribution is -0.136. The van der Waals surface area contributed by atoms with Crippen LogP contribution in [-0.4, -0.2) is 52.8 Å². The van der Waals surface area contributed by atoms with E-state index in [0.717, 1.165) is 0 Å². The number of hydrogen-bond acceptors (Lipinski definition) is 6. The maximum atomic E-state index is 12.3. The van der Waals surface area contributed by atoms with Crippen LogP contribution < -0.4 is 16.7 Å². The van der Waals surface area contributed by atoms with Crippen molar-refractivity contribution >= 4 is 17.5 Å². The number of ketones is 1. The molecule has 0 bridgehead atoms. The fraction of sp³-hybridized carbons (Fsp3) is 0.571. The largest absolute Gasteiger partial charge is 0.383 e. The number of nitrogens with two attached hydrogens (primary N) is 1. The Labute approximate surface area is 129 Å². The Bertz CT molecular complexity index is 582. The highest BCUT2D eigenvalue weighted by molar-refractivity contribution is 5.87. The summed E-state index contributed by atoms with van der Waals surface area (Å²) in [6, 6.07) is 1.45. The molecule has 3 N–H and O–H groups in total. The first kappa shape index (κ1) is 17.8. The molecule has 0 radical (unpaired) electrons. The van der Waals surface area contributed by atoms with Gasteiger partial charge in [-0.05, 0) is 13.1 Å². The number of likely N-dealkylation sites (N-methyl/N-ethyl adjacent to an activating group) is 1. The van der Waals surface area contributed by atoms with Crippen molar-refractivity contribution in [2.75, 3.05) is 32.4 Å². The van der Waals surface area contributed by atoms with Crippen molar-refractivity contribution in [1.29, 1.82) is 0 Å². The number of anilines is 1. The Morgan fingerprint density at radius 3 is 2.68 bits per heavy atom. The first-order chi connectivity index (χ1) is 10.3. The van der Waals surface area contributed by atoms with E-state index in [4.69, 9.17) is 5.73 Å². The van der Waals surface area contributed by atoms with Crippen molar-refractivity contribution in [1.82, 2.24) is 19.8 Å². The fourth-order valence-electron chi connectivity index (χ4n) is 1.72. The lowest BCUT2D eigenvalue weighted by atomic mass is 10.1. The number of nitrogens with one attached hydrogen (secondary N) is 1. The number of carbonyl (C=O) groups is 2. The van der Waals surface area contributed by atoms with E-state index in [2.05, 4.69) is 10.3 Å². The van der Waals surface area contributed by atoms with E-state index in [1.165, 1.54) is 21.7 Å². The molecule has 0 atom stereocenters. The van der Waals surface area contributed by atoms with Gasteiger partial charge in [0, 0.05) is 25.2 Å². The van der Waals surface area contributed by atoms with Crippen LogP contribution in [0.25, 0.3) is 0 Å². The molecule has 1 heterocycles. The molecule has 0 unspecified atom stereocenters. The molecule has 0 aliphatic carbocycles. The highest BCUT2D eigenvalue weighted by atomic mass is 16.2. The molecule has 0 aliphatic heterocycles. The van der Waals surface area contributed by atoms with E-state index in [1.54, 1.807) is 20.9 Å². The predicted octanol–water partition coefficient (Wildman–Crippen LogP) is -0.901. The van der Waals surface area contributed by atoms with Gasteiger partial charge in [-0.3, -0.25) is 14.2 Å². The summed E-state index contributed by atoms with van der Waals surface area (Å²) < 4.78 is 1.17. The molecule has 0 aromatic carbocycles. The Kier molecular flexibility index (Phi) is 6.71. The third-order valence-corrected chi connectivity index (χ3v) is 3.18. The second-order valence-electron chi connectivity index (χ2n) is 5.30. The predicted molar refractivity (Wildman–Crippen MR) is 83.3 cm³/mol. The van der Waals surface area contributed by atoms with Gasteiger partial charge in [-0.1, -0.05) is 13.8 Å². The smallest absolute Gasteiger partial charge is 0.349 e. The van der Waals surface area contributed by atoms with E-state index in [-0.39, 0.29) is 36.5 Å². The second kappa shape index (κ2) is 8.28. The molecule has 8 nitrogen and oxygen atoms in total. The fourth-order valence-corrected chi connectivity index (χ4v) is 1.72. The minimum atomic E-state index is -0.586. The van der Waals surface area contributed by atoms with E-state index in [1.807, 2.05) is 0 Å². The Morgan fingerprint density at radius 2 is 2.14 bits per heavy atom. The van der Waals surface area contributed by atoms with Crippen LogP contribution in [0.1, 0.15) is 13.8 Å². The van der Waals surface area contributed by atoms with Crippen LogP contribution in [0.5, 0.6) is 0 Å². The Morgan fingerprint density at radius 1 is 1.45 bits per heavy atom. The first-order valence-electron chi connectivity index (χ1n) is 7.13. The van der Waals surface area contributed by atoms with Gasteiger partial charge >= 0.3 is 5.69 Å². The van der Waals surface area contributed by atoms with E-state index in [9.17, 15) is 14.4 Å². The van der Waals surface area contributed by atoms with Crippen molar-refractivity contribution < 1.29 is 9.59 Å². The summed E-state index contributed by atoms with van der Waals surface area (Å²) in [5, 5.41) is 2.94. The standard InChI is InChI=1S/C14H23N5O3/c1-10(2)11(20)8-18(7-5-16-3)13(21)9-19-6-4-12(15)17-14(19)22/h4,6,10,16H,5,7-9H2,1-3H3,(H2,15,17,22). The van der Waals surface area contributed by atoms with Crippen molar-refractivity contribution in [3.8, 4) is 0 Å². The third-order valence-electron chi connectivity index (χ3n) is 3.18. The number of Topliss-reactive ketones (excluding diaryl/α,β-unsaturated/α-hetero) is 1. The molecule has 0 aliphatic rings. The van der Waals surface area contributed by atoms with Crippen LogP contribution in [0.2, 0.25) is 0 Å². The maximum Gasteiger partial charge on any atom is 0.349 e. The molecule has 0 saturated carbocycles. The van der Waals surface area contributed by atoms with Gasteiger partial charge in [-0.15, -0.1) is 0 Å². The number of nitrogens with zero attached hydrogens (tertiary/aromatic N) is 3. The second-order valence-corrected chi connectivity index (χ2v) is 5.30. The molecule has 1 rings (SSSR count). The molecule has 1 aromatic rings. The summed E-state index contributed by atoms with van der Waals surface area (Å²) in [5.74, 6) is -0.369. The van der Waals surface area contributed by atoms with Crippen LogP contribution >= 0.6 is 0 Å². The van der Waals surface area contributed by atoms with Crippen LogP contribution in [0.3, 0.4) is 0 Å². The van der Waals surface area contributed by atoms with Crippen molar-refractivity contribution in [3.05, 3.63) is 22.7 Å². The quantitative estimate of drug-likeness (QED) is 0.644. The number of aromatic nitrogens is 2. The molecule has 8 heteroatoms. The van der Waals surface area contributed by atoms with Gasteiger partial charge < -0.3 is 16.0 Å². The van der Waals surface area contributed by atoms with E-state index < -0.39 is 5.69 Å². The van der Waals surface area contributed by atoms with Gasteiger partial charge in [-0.25, -0.2) is 4.79 Å². The molecule has 0 saturated heterocycles. The monoisotopic (exact) mass is 309 g/mol. The van der Waals surface area contributed by atoms with Gasteiger partial charge in [0.15, 0.2) is 5.78 Å². The van der Waals surface area contributed by atoms with Gasteiger partial charge in [0.05, 0.1) is 6.54 Å². The average Bonchev–Trinajstić information content (AvgIpc) is 2.45. The van der Waals surface area contributed by atoms with Gasteiger partial charge in [-0.2, -0.15) is 4.98 Å². The SMILES string of the molecule is CNCCN(CC(=O)C(C)C)C(=O)Cn1ccc(N)nc1=O. The van der Waals surface area contributed by atoms with Crippen molar-refractivity contribution in [3.63, 3.8) is 0 Å². The van der Waals surface area contributed by atoms with Crippen molar-refractivity contribution in [2.24, 2.45) is 5.92 Å². The number of rotatable bonds is 8. The Balaban J connectivity index is 2.82. The summed E-state index contributed by atoms with van der Waals surface area (Å²) in [6.07, 6.45) is 1.42. The van der Waals surface area contributed by atoms with Gasteiger partial charge in [0.25, 0.3) is 0 Å². The molecular weight excluding hydrogens is 286 g/mol. The van der Waals surface area contributed by atoms with Crippen LogP contribution in [0, 0.1) is 5.92 Å². The molecule has 0 fully saturated rings. The zero-order valence-corrected chi connectivity index (χ0v) is 13.2. The summed E-state index contributed by atoms with van der Waals surface area (Å²) in [7, 11) is 1.77. The topological polar surface area (TPSA) is 110 Å². The lowest BCUT2D eigenvalue weighted by Gasteiger charge is -2.23. The average molecular weight is 309 g/mol. The van der Waals surface area contributed by atoms with E-state index >= 15 is 0 Å². The normalized spacial score (nSPS) is 10.7. The summed E-state index contributed by atoms with van der Waals surface area (Å²) in [5.41, 5.74) is 4.82. The molecule has 22 heavy (non-hydrogen) atoms. The summed E-state index contributed by atoms with van der Waals surface area (Å²) in [6.45, 7) is 4.41. The Hall–Kier alpha value is -2.22. The maximum absolute atomic E-state index is 12.3. The van der Waals surface area contributed by atoms with Crippen LogP contribution in [0.4, 0.5) is 5.82 Å². The molecule has 1 amide bonds. The molecule has 0 spiro atoms. The number of nitrogen functional groups attached to an aromatic ring is 1. The molecular formula is C14H23N5O3. The number of hydrogen-bond donors (Lipinski definition) is 2. The number of carbonyl (C=O) groups excluding carboxylic acids is 2. The highest BCUT2D eigenvalue weighted by Crippen LogP contribution is 2.00. The zero-order chi connectivity index (χ0) is 16.7. The summed E-state index contributed by atoms with van der Waals surface area (Å²) >= 11 is 0. The molecule has 122 valence electrons. The summed E-state index contributed by atoms with van der Waals surface area (Å²) in [4.78, 5) is 40.9. The van der Waals surface area contributed by atoms with Crippen LogP contribution in [-0.2, 0) is 16.1 Å². The highest BCUT2D eigenvalue weighted by Gasteiger charge is 2.19. The lowest BCUT2D eigenvalue weighted by Crippen LogP contribution is -2.43. The number of amides is 1. The zero-order valence-electron chi connectivity index (χ0n) is 13.2. The van der Waals surface area contributed by atoms with Gasteiger partial charge in [0.1, 0.15) is 12.4 Å². The minimum Gasteiger partial charge on any atom is -0.383 e. The van der Waals surface area contributed by atoms with Crippen LogP contribution in [0.15, 0.2) is 17.1 Å². The minimum absolute atomic E-state index is 0.0211. The molecule has 1 aromatic heterocycles. The first-order valence-corrected chi connectivity index (χ1v) is 7.13. The third kappa shape index (κ3) is 5.28. The van der Waals surface area contributed by atoms with Crippen molar-refractivity contribution in [2.45, 2.75) is 20.4 Å². The van der Waals surface area contributed by atoms with E-state index in [0.29, 0.717) is 13.1 Å².